The van der Waals surface area contributed by atoms with Crippen LogP contribution in [0.15, 0.2) is 53.3 Å². The van der Waals surface area contributed by atoms with Gasteiger partial charge in [0.05, 0.1) is 6.04 Å². The smallest absolute Gasteiger partial charge is 0.407 e. The molecule has 20 heavy (non-hydrogen) atoms. The number of nitrogens with one attached hydrogen (secondary N) is 1. The summed E-state index contributed by atoms with van der Waals surface area (Å²) < 4.78 is 6.04. The van der Waals surface area contributed by atoms with Crippen molar-refractivity contribution in [3.63, 3.8) is 0 Å². The molecule has 1 N–H and O–H groups in total. The van der Waals surface area contributed by atoms with Crippen LogP contribution in [0.4, 0.5) is 4.79 Å². The lowest BCUT2D eigenvalue weighted by atomic mass is 10.1. The summed E-state index contributed by atoms with van der Waals surface area (Å²) in [7, 11) is 0. The molecule has 1 aromatic heterocycles. The molecule has 1 atom stereocenters. The Morgan fingerprint density at radius 1 is 1.35 bits per heavy atom. The minimum absolute atomic E-state index is 0.157. The van der Waals surface area contributed by atoms with E-state index in [1.165, 1.54) is 0 Å². The molecule has 0 bridgehead atoms. The van der Waals surface area contributed by atoms with Crippen LogP contribution in [0, 0.1) is 0 Å². The number of hydrogen-bond acceptors (Lipinski definition) is 3. The molecule has 0 unspecified atom stereocenters. The molecule has 5 heteroatoms. The number of amides is 1. The summed E-state index contributed by atoms with van der Waals surface area (Å²) >= 11 is 3.41. The van der Waals surface area contributed by atoms with Gasteiger partial charge in [0.25, 0.3) is 0 Å². The Balaban J connectivity index is 1.87. The second kappa shape index (κ2) is 7.05. The summed E-state index contributed by atoms with van der Waals surface area (Å²) in [6.07, 6.45) is 2.95. The van der Waals surface area contributed by atoms with Crippen LogP contribution < -0.4 is 5.32 Å². The van der Waals surface area contributed by atoms with Gasteiger partial charge in [0.15, 0.2) is 0 Å². The number of carbonyl (C=O) groups excluding carboxylic acids is 1. The summed E-state index contributed by atoms with van der Waals surface area (Å²) in [6, 6.07) is 11.3. The number of hydrogen-bond donors (Lipinski definition) is 1. The van der Waals surface area contributed by atoms with Crippen LogP contribution in [0.3, 0.4) is 0 Å². The molecular weight excluding hydrogens is 320 g/mol. The van der Waals surface area contributed by atoms with Gasteiger partial charge in [0.1, 0.15) is 6.61 Å². The van der Waals surface area contributed by atoms with Gasteiger partial charge in [-0.15, -0.1) is 0 Å². The van der Waals surface area contributed by atoms with Gasteiger partial charge < -0.3 is 10.1 Å². The Morgan fingerprint density at radius 2 is 2.10 bits per heavy atom. The highest BCUT2D eigenvalue weighted by Crippen LogP contribution is 2.21. The van der Waals surface area contributed by atoms with Crippen molar-refractivity contribution in [1.29, 1.82) is 0 Å². The largest absolute Gasteiger partial charge is 0.445 e. The van der Waals surface area contributed by atoms with Crippen LogP contribution in [-0.4, -0.2) is 11.1 Å². The van der Waals surface area contributed by atoms with Gasteiger partial charge in [0.2, 0.25) is 0 Å². The summed E-state index contributed by atoms with van der Waals surface area (Å²) in [5.41, 5.74) is 1.91. The number of ether oxygens (including phenoxy) is 1. The Hall–Kier alpha value is -1.88. The van der Waals surface area contributed by atoms with Gasteiger partial charge in [-0.3, -0.25) is 4.98 Å². The van der Waals surface area contributed by atoms with Crippen molar-refractivity contribution < 1.29 is 9.53 Å². The van der Waals surface area contributed by atoms with Crippen molar-refractivity contribution in [1.82, 2.24) is 10.3 Å². The van der Waals surface area contributed by atoms with Crippen molar-refractivity contribution >= 4 is 22.0 Å². The Morgan fingerprint density at radius 3 is 2.80 bits per heavy atom. The van der Waals surface area contributed by atoms with Gasteiger partial charge >= 0.3 is 6.09 Å². The molecule has 1 heterocycles. The molecule has 0 aliphatic heterocycles. The Bertz CT molecular complexity index is 575. The number of benzene rings is 1. The normalized spacial score (nSPS) is 11.7. The van der Waals surface area contributed by atoms with E-state index >= 15 is 0 Å². The third-order valence-electron chi connectivity index (χ3n) is 2.82. The zero-order valence-electron chi connectivity index (χ0n) is 11.0. The standard InChI is InChI=1S/C15H15BrN2O2/c1-11(13-7-8-17-9-14(13)16)18-15(19)20-10-12-5-3-2-4-6-12/h2-9,11H,10H2,1H3,(H,18,19)/t11-/m1/s1. The van der Waals surface area contributed by atoms with Gasteiger partial charge in [-0.05, 0) is 40.0 Å². The molecule has 0 aliphatic rings. The molecule has 104 valence electrons. The summed E-state index contributed by atoms with van der Waals surface area (Å²) in [5, 5.41) is 2.79. The highest BCUT2D eigenvalue weighted by molar-refractivity contribution is 9.10. The minimum Gasteiger partial charge on any atom is -0.445 e. The van der Waals surface area contributed by atoms with Crippen molar-refractivity contribution in [2.24, 2.45) is 0 Å². The highest BCUT2D eigenvalue weighted by atomic mass is 79.9. The molecular formula is C15H15BrN2O2. The number of aromatic nitrogens is 1. The number of pyridine rings is 1. The van der Waals surface area contributed by atoms with E-state index in [1.54, 1.807) is 12.4 Å². The van der Waals surface area contributed by atoms with Crippen LogP contribution in [0.25, 0.3) is 0 Å². The maximum atomic E-state index is 11.7. The highest BCUT2D eigenvalue weighted by Gasteiger charge is 2.13. The van der Waals surface area contributed by atoms with Crippen LogP contribution >= 0.6 is 15.9 Å². The molecule has 0 radical (unpaired) electrons. The van der Waals surface area contributed by atoms with E-state index in [0.29, 0.717) is 0 Å². The van der Waals surface area contributed by atoms with Crippen molar-refractivity contribution in [3.8, 4) is 0 Å². The molecule has 0 spiro atoms. The first-order valence-corrected chi connectivity index (χ1v) is 7.02. The zero-order chi connectivity index (χ0) is 14.4. The second-order valence-corrected chi connectivity index (χ2v) is 5.18. The summed E-state index contributed by atoms with van der Waals surface area (Å²) in [4.78, 5) is 15.7. The fraction of sp³-hybridized carbons (Fsp3) is 0.200. The lowest BCUT2D eigenvalue weighted by molar-refractivity contribution is 0.136. The molecule has 1 aromatic carbocycles. The van der Waals surface area contributed by atoms with Gasteiger partial charge in [-0.1, -0.05) is 30.3 Å². The van der Waals surface area contributed by atoms with Gasteiger partial charge in [-0.25, -0.2) is 4.79 Å². The van der Waals surface area contributed by atoms with Crippen LogP contribution in [-0.2, 0) is 11.3 Å². The van der Waals surface area contributed by atoms with Crippen LogP contribution in [0.2, 0.25) is 0 Å². The molecule has 0 saturated carbocycles. The maximum Gasteiger partial charge on any atom is 0.407 e. The van der Waals surface area contributed by atoms with Crippen molar-refractivity contribution in [2.45, 2.75) is 19.6 Å². The zero-order valence-corrected chi connectivity index (χ0v) is 12.6. The molecule has 2 aromatic rings. The molecule has 0 aliphatic carbocycles. The van der Waals surface area contributed by atoms with E-state index in [2.05, 4.69) is 26.2 Å². The Labute approximate surface area is 126 Å². The fourth-order valence-corrected chi connectivity index (χ4v) is 2.35. The number of halogens is 1. The van der Waals surface area contributed by atoms with E-state index in [-0.39, 0.29) is 12.6 Å². The monoisotopic (exact) mass is 334 g/mol. The van der Waals surface area contributed by atoms with Gasteiger partial charge in [0, 0.05) is 16.9 Å². The first-order valence-electron chi connectivity index (χ1n) is 6.23. The molecule has 4 nitrogen and oxygen atoms in total. The van der Waals surface area contributed by atoms with E-state index in [4.69, 9.17) is 4.74 Å². The predicted octanol–water partition coefficient (Wildman–Crippen LogP) is 3.83. The topological polar surface area (TPSA) is 51.2 Å². The lowest BCUT2D eigenvalue weighted by Crippen LogP contribution is -2.27. The first kappa shape index (κ1) is 14.5. The fourth-order valence-electron chi connectivity index (χ4n) is 1.76. The molecule has 0 fully saturated rings. The number of carbonyl (C=O) groups is 1. The molecule has 0 saturated heterocycles. The third kappa shape index (κ3) is 4.06. The quantitative estimate of drug-likeness (QED) is 0.924. The van der Waals surface area contributed by atoms with E-state index in [9.17, 15) is 4.79 Å². The first-order chi connectivity index (χ1) is 9.66. The summed E-state index contributed by atoms with van der Waals surface area (Å²) in [5.74, 6) is 0. The number of rotatable bonds is 4. The van der Waals surface area contributed by atoms with Crippen molar-refractivity contribution in [2.75, 3.05) is 0 Å². The van der Waals surface area contributed by atoms with Gasteiger partial charge in [-0.2, -0.15) is 0 Å². The maximum absolute atomic E-state index is 11.7. The average molecular weight is 335 g/mol. The average Bonchev–Trinajstić information content (AvgIpc) is 2.46. The molecule has 1 amide bonds. The van der Waals surface area contributed by atoms with E-state index in [0.717, 1.165) is 15.6 Å². The van der Waals surface area contributed by atoms with Crippen LogP contribution in [0.1, 0.15) is 24.1 Å². The second-order valence-electron chi connectivity index (χ2n) is 4.32. The van der Waals surface area contributed by atoms with E-state index in [1.807, 2.05) is 43.3 Å². The predicted molar refractivity (Wildman–Crippen MR) is 80.1 cm³/mol. The van der Waals surface area contributed by atoms with Crippen molar-refractivity contribution in [3.05, 3.63) is 64.4 Å². The van der Waals surface area contributed by atoms with Crippen LogP contribution in [0.5, 0.6) is 0 Å². The molecule has 2 rings (SSSR count). The Kier molecular flexibility index (Phi) is 5.12. The third-order valence-corrected chi connectivity index (χ3v) is 3.48. The SMILES string of the molecule is C[C@@H](NC(=O)OCc1ccccc1)c1ccncc1Br. The van der Waals surface area contributed by atoms with E-state index < -0.39 is 6.09 Å². The lowest BCUT2D eigenvalue weighted by Gasteiger charge is -2.15. The number of alkyl carbamates (subject to hydrolysis) is 1. The summed E-state index contributed by atoms with van der Waals surface area (Å²) in [6.45, 7) is 2.15. The number of nitrogens with zero attached hydrogens (tertiary/aromatic N) is 1. The minimum atomic E-state index is -0.440.